The van der Waals surface area contributed by atoms with E-state index in [1.807, 2.05) is 0 Å². The molecule has 0 radical (unpaired) electrons. The monoisotopic (exact) mass is 263 g/mol. The number of nitrogens with one attached hydrogen (secondary N) is 1. The Morgan fingerprint density at radius 1 is 1.06 bits per heavy atom. The van der Waals surface area contributed by atoms with Crippen LogP contribution in [0.2, 0.25) is 0 Å². The highest BCUT2D eigenvalue weighted by atomic mass is 19.4. The van der Waals surface area contributed by atoms with Crippen molar-refractivity contribution in [3.8, 4) is 0 Å². The molecule has 0 unspecified atom stereocenters. The largest absolute Gasteiger partial charge is 0.467 e. The Kier molecular flexibility index (Phi) is 4.09. The predicted molar refractivity (Wildman–Crippen MR) is 45.2 cm³/mol. The van der Waals surface area contributed by atoms with E-state index in [9.17, 15) is 31.5 Å². The molecule has 0 aliphatic rings. The molecule has 1 amide bonds. The predicted octanol–water partition coefficient (Wildman–Crippen LogP) is 1.25. The summed E-state index contributed by atoms with van der Waals surface area (Å²) in [7, 11) is 0.901. The summed E-state index contributed by atoms with van der Waals surface area (Å²) in [6.07, 6.45) is -6.02. The lowest BCUT2D eigenvalue weighted by atomic mass is 10.1. The summed E-state index contributed by atoms with van der Waals surface area (Å²) in [6, 6.07) is 0. The number of hydrogen-bond donors (Lipinski definition) is 1. The van der Waals surface area contributed by atoms with Gasteiger partial charge in [0.05, 0.1) is 7.11 Å². The van der Waals surface area contributed by atoms with Gasteiger partial charge in [0.15, 0.2) is 0 Å². The Labute approximate surface area is 93.1 Å². The van der Waals surface area contributed by atoms with Gasteiger partial charge in [-0.1, -0.05) is 0 Å². The number of amides is 1. The van der Waals surface area contributed by atoms with Crippen LogP contribution in [0.3, 0.4) is 0 Å². The zero-order chi connectivity index (χ0) is 14.1. The molecule has 0 saturated heterocycles. The van der Waals surface area contributed by atoms with Gasteiger partial charge >= 0.3 is 24.0 Å². The van der Waals surface area contributed by atoms with E-state index in [0.29, 0.717) is 0 Å². The maximum absolute atomic E-state index is 12.5. The molecule has 0 aromatic carbocycles. The van der Waals surface area contributed by atoms with E-state index in [1.54, 1.807) is 0 Å². The van der Waals surface area contributed by atoms with Crippen molar-refractivity contribution in [3.63, 3.8) is 0 Å². The van der Waals surface area contributed by atoms with E-state index in [-0.39, 0.29) is 0 Å². The molecule has 0 aromatic heterocycles. The van der Waals surface area contributed by atoms with E-state index in [2.05, 4.69) is 4.74 Å². The first-order chi connectivity index (χ1) is 7.36. The summed E-state index contributed by atoms with van der Waals surface area (Å²) in [5.41, 5.74) is -1.99. The number of carbonyl (C=O) groups is 2. The average Bonchev–Trinajstić information content (AvgIpc) is 2.13. The van der Waals surface area contributed by atoms with Gasteiger partial charge in [-0.05, 0) is 13.8 Å². The van der Waals surface area contributed by atoms with Crippen LogP contribution < -0.4 is 5.32 Å². The van der Waals surface area contributed by atoms with E-state index < -0.39 is 29.5 Å². The molecule has 0 bridgehead atoms. The third-order valence-electron chi connectivity index (χ3n) is 1.76. The molecule has 1 N–H and O–H groups in total. The number of hydrogen-bond acceptors (Lipinski definition) is 3. The number of esters is 1. The molecule has 0 aliphatic carbocycles. The standard InChI is InChI=1S/C8H10F5NO3/c1-6(2,5(16)17-3)14-4(15)7(9,10)8(11,12)13/h1-3H3,(H,14,15). The molecule has 0 fully saturated rings. The fourth-order valence-electron chi connectivity index (χ4n) is 0.797. The highest BCUT2D eigenvalue weighted by Gasteiger charge is 2.64. The summed E-state index contributed by atoms with van der Waals surface area (Å²) in [4.78, 5) is 21.7. The highest BCUT2D eigenvalue weighted by Crippen LogP contribution is 2.35. The van der Waals surface area contributed by atoms with Crippen molar-refractivity contribution < 1.29 is 36.3 Å². The maximum atomic E-state index is 12.5. The zero-order valence-corrected chi connectivity index (χ0v) is 9.11. The minimum absolute atomic E-state index is 0.901. The van der Waals surface area contributed by atoms with Crippen molar-refractivity contribution in [1.82, 2.24) is 5.32 Å². The molecular formula is C8H10F5NO3. The maximum Gasteiger partial charge on any atom is 0.463 e. The van der Waals surface area contributed by atoms with Crippen LogP contribution in [-0.2, 0) is 14.3 Å². The minimum Gasteiger partial charge on any atom is -0.467 e. The molecule has 17 heavy (non-hydrogen) atoms. The number of rotatable bonds is 3. The smallest absolute Gasteiger partial charge is 0.463 e. The third kappa shape index (κ3) is 3.27. The van der Waals surface area contributed by atoms with Crippen molar-refractivity contribution in [2.75, 3.05) is 7.11 Å². The fraction of sp³-hybridized carbons (Fsp3) is 0.750. The van der Waals surface area contributed by atoms with Crippen LogP contribution in [0.15, 0.2) is 0 Å². The SMILES string of the molecule is COC(=O)C(C)(C)NC(=O)C(F)(F)C(F)(F)F. The van der Waals surface area contributed by atoms with E-state index in [0.717, 1.165) is 21.0 Å². The molecule has 0 heterocycles. The molecule has 0 saturated carbocycles. The first-order valence-corrected chi connectivity index (χ1v) is 4.22. The van der Waals surface area contributed by atoms with Gasteiger partial charge in [-0.15, -0.1) is 0 Å². The van der Waals surface area contributed by atoms with Gasteiger partial charge in [0, 0.05) is 0 Å². The van der Waals surface area contributed by atoms with Gasteiger partial charge in [0.25, 0.3) is 0 Å². The molecule has 0 rings (SSSR count). The normalized spacial score (nSPS) is 13.2. The van der Waals surface area contributed by atoms with Crippen LogP contribution in [0, 0.1) is 0 Å². The van der Waals surface area contributed by atoms with Crippen LogP contribution in [0.1, 0.15) is 13.8 Å². The van der Waals surface area contributed by atoms with E-state index in [4.69, 9.17) is 0 Å². The quantitative estimate of drug-likeness (QED) is 0.616. The van der Waals surface area contributed by atoms with Crippen LogP contribution in [0.25, 0.3) is 0 Å². The second-order valence-corrected chi connectivity index (χ2v) is 3.64. The topological polar surface area (TPSA) is 55.4 Å². The number of ether oxygens (including phenoxy) is 1. The average molecular weight is 263 g/mol. The van der Waals surface area contributed by atoms with Gasteiger partial charge < -0.3 is 10.1 Å². The lowest BCUT2D eigenvalue weighted by Gasteiger charge is -2.26. The lowest BCUT2D eigenvalue weighted by Crippen LogP contribution is -2.59. The molecule has 0 atom stereocenters. The molecule has 4 nitrogen and oxygen atoms in total. The zero-order valence-electron chi connectivity index (χ0n) is 9.11. The Balaban J connectivity index is 4.95. The molecule has 100 valence electrons. The van der Waals surface area contributed by atoms with Gasteiger partial charge in [-0.2, -0.15) is 22.0 Å². The van der Waals surface area contributed by atoms with E-state index >= 15 is 0 Å². The lowest BCUT2D eigenvalue weighted by molar-refractivity contribution is -0.270. The molecule has 0 aliphatic heterocycles. The second-order valence-electron chi connectivity index (χ2n) is 3.64. The molecule has 0 spiro atoms. The van der Waals surface area contributed by atoms with E-state index in [1.165, 1.54) is 5.32 Å². The second kappa shape index (κ2) is 4.46. The molecular weight excluding hydrogens is 253 g/mol. The number of alkyl halides is 5. The Hall–Kier alpha value is -1.41. The van der Waals surface area contributed by atoms with Crippen molar-refractivity contribution in [1.29, 1.82) is 0 Å². The van der Waals surface area contributed by atoms with Gasteiger partial charge in [0.2, 0.25) is 0 Å². The van der Waals surface area contributed by atoms with Crippen molar-refractivity contribution >= 4 is 11.9 Å². The van der Waals surface area contributed by atoms with Crippen molar-refractivity contribution in [2.45, 2.75) is 31.5 Å². The summed E-state index contributed by atoms with van der Waals surface area (Å²) in [5, 5.41) is 1.27. The number of methoxy groups -OCH3 is 1. The third-order valence-corrected chi connectivity index (χ3v) is 1.76. The van der Waals surface area contributed by atoms with Gasteiger partial charge in [-0.25, -0.2) is 4.79 Å². The number of carbonyl (C=O) groups excluding carboxylic acids is 2. The first-order valence-electron chi connectivity index (χ1n) is 4.22. The van der Waals surface area contributed by atoms with Crippen molar-refractivity contribution in [3.05, 3.63) is 0 Å². The fourth-order valence-corrected chi connectivity index (χ4v) is 0.797. The van der Waals surface area contributed by atoms with Crippen LogP contribution in [-0.4, -0.2) is 36.6 Å². The van der Waals surface area contributed by atoms with Crippen LogP contribution in [0.5, 0.6) is 0 Å². The number of halogens is 5. The van der Waals surface area contributed by atoms with Gasteiger partial charge in [0.1, 0.15) is 5.54 Å². The molecule has 9 heteroatoms. The molecule has 0 aromatic rings. The van der Waals surface area contributed by atoms with Crippen LogP contribution in [0.4, 0.5) is 22.0 Å². The summed E-state index contributed by atoms with van der Waals surface area (Å²) in [6.45, 7) is 1.87. The minimum atomic E-state index is -6.02. The summed E-state index contributed by atoms with van der Waals surface area (Å²) < 4.78 is 64.6. The first kappa shape index (κ1) is 15.6. The van der Waals surface area contributed by atoms with Crippen LogP contribution >= 0.6 is 0 Å². The van der Waals surface area contributed by atoms with Crippen molar-refractivity contribution in [2.24, 2.45) is 0 Å². The Bertz CT molecular complexity index is 324. The Morgan fingerprint density at radius 2 is 1.47 bits per heavy atom. The summed E-state index contributed by atoms with van der Waals surface area (Å²) in [5.74, 6) is -9.33. The summed E-state index contributed by atoms with van der Waals surface area (Å²) >= 11 is 0. The Morgan fingerprint density at radius 3 is 1.76 bits per heavy atom. The van der Waals surface area contributed by atoms with Gasteiger partial charge in [-0.3, -0.25) is 4.79 Å². The highest BCUT2D eigenvalue weighted by molar-refractivity contribution is 5.91.